The summed E-state index contributed by atoms with van der Waals surface area (Å²) < 4.78 is 0. The summed E-state index contributed by atoms with van der Waals surface area (Å²) in [5, 5.41) is 13.1. The van der Waals surface area contributed by atoms with E-state index in [0.29, 0.717) is 43.7 Å². The van der Waals surface area contributed by atoms with Crippen molar-refractivity contribution < 1.29 is 9.59 Å². The highest BCUT2D eigenvalue weighted by Gasteiger charge is 2.30. The number of fused-ring (bicyclic) bond motifs is 2. The smallest absolute Gasteiger partial charge is 0.255 e. The Morgan fingerprint density at radius 2 is 1.83 bits per heavy atom. The average molecular weight is 469 g/mol. The molecule has 0 radical (unpaired) electrons. The fraction of sp³-hybridized carbons (Fsp3) is 0.333. The first kappa shape index (κ1) is 22.8. The van der Waals surface area contributed by atoms with Gasteiger partial charge in [-0.3, -0.25) is 14.6 Å². The van der Waals surface area contributed by atoms with E-state index < -0.39 is 0 Å². The maximum atomic E-state index is 13.8. The van der Waals surface area contributed by atoms with E-state index in [0.717, 1.165) is 40.9 Å². The molecule has 0 unspecified atom stereocenters. The van der Waals surface area contributed by atoms with E-state index in [-0.39, 0.29) is 18.4 Å². The van der Waals surface area contributed by atoms with Gasteiger partial charge in [0.05, 0.1) is 29.3 Å². The zero-order chi connectivity index (χ0) is 24.4. The summed E-state index contributed by atoms with van der Waals surface area (Å²) in [7, 11) is 2.07. The molecule has 1 N–H and O–H groups in total. The van der Waals surface area contributed by atoms with Crippen molar-refractivity contribution in [1.82, 2.24) is 19.7 Å². The van der Waals surface area contributed by atoms with Crippen LogP contribution in [0.25, 0.3) is 10.9 Å². The number of nitrogens with one attached hydrogen (secondary N) is 1. The monoisotopic (exact) mass is 468 g/mol. The largest absolute Gasteiger partial charge is 0.376 e. The molecule has 0 bridgehead atoms. The van der Waals surface area contributed by atoms with E-state index in [2.05, 4.69) is 23.3 Å². The Bertz CT molecular complexity index is 1320. The zero-order valence-electron chi connectivity index (χ0n) is 19.8. The Hall–Kier alpha value is -3.96. The zero-order valence-corrected chi connectivity index (χ0v) is 19.8. The van der Waals surface area contributed by atoms with E-state index in [1.165, 1.54) is 0 Å². The first-order valence-corrected chi connectivity index (χ1v) is 11.9. The minimum absolute atomic E-state index is 0.0219. The molecule has 8 nitrogen and oxygen atoms in total. The standard InChI is InChI=1S/C27H28N6O2/c1-31-11-13-32(14-12-31)27(35)26-21-7-2-3-8-23(21)30-24-9-10-33(18-22(24)26)25(34)17-29-20-6-4-5-19(15-20)16-28/h2-8,15,29H,9-14,17-18H2,1H3. The number of amides is 2. The van der Waals surface area contributed by atoms with Crippen molar-refractivity contribution in [2.45, 2.75) is 13.0 Å². The van der Waals surface area contributed by atoms with E-state index in [9.17, 15) is 9.59 Å². The molecule has 0 spiro atoms. The van der Waals surface area contributed by atoms with Gasteiger partial charge in [0, 0.05) is 68.0 Å². The van der Waals surface area contributed by atoms with Crippen molar-refractivity contribution >= 4 is 28.4 Å². The molecule has 1 fully saturated rings. The van der Waals surface area contributed by atoms with Gasteiger partial charge in [0.1, 0.15) is 0 Å². The number of hydrogen-bond donors (Lipinski definition) is 1. The minimum atomic E-state index is -0.0517. The number of para-hydroxylation sites is 1. The second-order valence-corrected chi connectivity index (χ2v) is 9.14. The molecule has 35 heavy (non-hydrogen) atoms. The fourth-order valence-corrected chi connectivity index (χ4v) is 4.80. The molecular formula is C27H28N6O2. The predicted molar refractivity (Wildman–Crippen MR) is 134 cm³/mol. The molecule has 0 atom stereocenters. The van der Waals surface area contributed by atoms with Crippen LogP contribution in [0, 0.1) is 11.3 Å². The summed E-state index contributed by atoms with van der Waals surface area (Å²) in [4.78, 5) is 37.7. The molecule has 5 rings (SSSR count). The Morgan fingerprint density at radius 1 is 1.03 bits per heavy atom. The van der Waals surface area contributed by atoms with Crippen LogP contribution in [0.5, 0.6) is 0 Å². The molecule has 178 valence electrons. The summed E-state index contributed by atoms with van der Waals surface area (Å²) in [6, 6.07) is 17.0. The van der Waals surface area contributed by atoms with Crippen molar-refractivity contribution in [3.63, 3.8) is 0 Å². The van der Waals surface area contributed by atoms with Gasteiger partial charge >= 0.3 is 0 Å². The molecule has 1 aromatic heterocycles. The Balaban J connectivity index is 1.41. The van der Waals surface area contributed by atoms with Gasteiger partial charge in [-0.15, -0.1) is 0 Å². The maximum absolute atomic E-state index is 13.8. The fourth-order valence-electron chi connectivity index (χ4n) is 4.80. The van der Waals surface area contributed by atoms with Gasteiger partial charge < -0.3 is 20.0 Å². The quantitative estimate of drug-likeness (QED) is 0.633. The number of hydrogen-bond acceptors (Lipinski definition) is 6. The number of piperazine rings is 1. The molecule has 0 aliphatic carbocycles. The van der Waals surface area contributed by atoms with Crippen LogP contribution >= 0.6 is 0 Å². The van der Waals surface area contributed by atoms with Gasteiger partial charge in [0.25, 0.3) is 5.91 Å². The summed E-state index contributed by atoms with van der Waals surface area (Å²) in [6.45, 7) is 4.11. The predicted octanol–water partition coefficient (Wildman–Crippen LogP) is 2.49. The number of carbonyl (C=O) groups excluding carboxylic acids is 2. The van der Waals surface area contributed by atoms with Crippen LogP contribution in [-0.4, -0.2) is 77.8 Å². The summed E-state index contributed by atoms with van der Waals surface area (Å²) >= 11 is 0. The van der Waals surface area contributed by atoms with Crippen molar-refractivity contribution in [2.75, 3.05) is 51.6 Å². The molecule has 2 aromatic carbocycles. The third kappa shape index (κ3) is 4.68. The molecule has 3 aromatic rings. The summed E-state index contributed by atoms with van der Waals surface area (Å²) in [6.07, 6.45) is 0.610. The summed E-state index contributed by atoms with van der Waals surface area (Å²) in [5.74, 6) is -0.0298. The number of pyridine rings is 1. The van der Waals surface area contributed by atoms with Crippen molar-refractivity contribution in [3.05, 3.63) is 70.9 Å². The van der Waals surface area contributed by atoms with E-state index >= 15 is 0 Å². The lowest BCUT2D eigenvalue weighted by Gasteiger charge is -2.35. The average Bonchev–Trinajstić information content (AvgIpc) is 2.90. The Labute approximate surface area is 204 Å². The SMILES string of the molecule is CN1CCN(C(=O)c2c3c(nc4ccccc24)CCN(C(=O)CNc2cccc(C#N)c2)C3)CC1. The van der Waals surface area contributed by atoms with Crippen LogP contribution in [0.3, 0.4) is 0 Å². The number of aromatic nitrogens is 1. The number of benzene rings is 2. The number of nitrogens with zero attached hydrogens (tertiary/aromatic N) is 5. The lowest BCUT2D eigenvalue weighted by molar-refractivity contribution is -0.130. The van der Waals surface area contributed by atoms with Crippen LogP contribution in [0.1, 0.15) is 27.2 Å². The molecule has 1 saturated heterocycles. The molecule has 0 saturated carbocycles. The highest BCUT2D eigenvalue weighted by molar-refractivity contribution is 6.08. The van der Waals surface area contributed by atoms with Crippen LogP contribution in [0.4, 0.5) is 5.69 Å². The van der Waals surface area contributed by atoms with E-state index in [4.69, 9.17) is 10.2 Å². The van der Waals surface area contributed by atoms with Crippen molar-refractivity contribution in [2.24, 2.45) is 0 Å². The number of carbonyl (C=O) groups is 2. The molecule has 2 amide bonds. The number of likely N-dealkylation sites (N-methyl/N-ethyl adjacent to an activating group) is 1. The van der Waals surface area contributed by atoms with Gasteiger partial charge in [-0.2, -0.15) is 5.26 Å². The lowest BCUT2D eigenvalue weighted by Crippen LogP contribution is -2.48. The topological polar surface area (TPSA) is 92.6 Å². The Morgan fingerprint density at radius 3 is 2.63 bits per heavy atom. The highest BCUT2D eigenvalue weighted by Crippen LogP contribution is 2.29. The third-order valence-electron chi connectivity index (χ3n) is 6.84. The van der Waals surface area contributed by atoms with Gasteiger partial charge in [-0.1, -0.05) is 24.3 Å². The molecular weight excluding hydrogens is 440 g/mol. The second kappa shape index (κ2) is 9.72. The first-order valence-electron chi connectivity index (χ1n) is 11.9. The van der Waals surface area contributed by atoms with Crippen molar-refractivity contribution in [1.29, 1.82) is 5.26 Å². The highest BCUT2D eigenvalue weighted by atomic mass is 16.2. The normalized spacial score (nSPS) is 16.0. The molecule has 3 heterocycles. The van der Waals surface area contributed by atoms with Crippen LogP contribution in [0.15, 0.2) is 48.5 Å². The maximum Gasteiger partial charge on any atom is 0.255 e. The van der Waals surface area contributed by atoms with Crippen LogP contribution in [-0.2, 0) is 17.8 Å². The van der Waals surface area contributed by atoms with Crippen LogP contribution in [0.2, 0.25) is 0 Å². The Kier molecular flexibility index (Phi) is 6.34. The third-order valence-corrected chi connectivity index (χ3v) is 6.84. The molecule has 2 aliphatic rings. The molecule has 8 heteroatoms. The first-order chi connectivity index (χ1) is 17.0. The van der Waals surface area contributed by atoms with E-state index in [1.807, 2.05) is 35.2 Å². The summed E-state index contributed by atoms with van der Waals surface area (Å²) in [5.41, 5.74) is 4.54. The number of nitriles is 1. The number of anilines is 1. The van der Waals surface area contributed by atoms with Gasteiger partial charge in [0.15, 0.2) is 0 Å². The van der Waals surface area contributed by atoms with Crippen molar-refractivity contribution in [3.8, 4) is 6.07 Å². The number of rotatable bonds is 4. The van der Waals surface area contributed by atoms with Gasteiger partial charge in [-0.25, -0.2) is 0 Å². The second-order valence-electron chi connectivity index (χ2n) is 9.14. The minimum Gasteiger partial charge on any atom is -0.376 e. The molecule has 2 aliphatic heterocycles. The van der Waals surface area contributed by atoms with Gasteiger partial charge in [0.2, 0.25) is 5.91 Å². The van der Waals surface area contributed by atoms with Crippen LogP contribution < -0.4 is 5.32 Å². The van der Waals surface area contributed by atoms with Gasteiger partial charge in [-0.05, 0) is 31.3 Å². The lowest BCUT2D eigenvalue weighted by atomic mass is 9.94. The van der Waals surface area contributed by atoms with E-state index in [1.54, 1.807) is 23.1 Å².